The van der Waals surface area contributed by atoms with Gasteiger partial charge in [-0.2, -0.15) is 0 Å². The van der Waals surface area contributed by atoms with Crippen LogP contribution in [0.4, 0.5) is 0 Å². The zero-order valence-electron chi connectivity index (χ0n) is 8.13. The first-order chi connectivity index (χ1) is 6.07. The van der Waals surface area contributed by atoms with E-state index >= 15 is 0 Å². The van der Waals surface area contributed by atoms with E-state index < -0.39 is 20.6 Å². The van der Waals surface area contributed by atoms with Crippen molar-refractivity contribution in [3.05, 3.63) is 24.3 Å². The molecule has 0 spiro atoms. The Morgan fingerprint density at radius 1 is 1.00 bits per heavy atom. The summed E-state index contributed by atoms with van der Waals surface area (Å²) >= 11 is -2.14. The molecular formula is C10H13O2Sn. The van der Waals surface area contributed by atoms with Crippen molar-refractivity contribution in [2.45, 2.75) is 24.2 Å². The fourth-order valence-electron chi connectivity index (χ4n) is 1.15. The first-order valence-corrected chi connectivity index (χ1v) is 8.15. The summed E-state index contributed by atoms with van der Waals surface area (Å²) in [5.41, 5.74) is 0. The van der Waals surface area contributed by atoms with Crippen LogP contribution in [0, 0.1) is 0 Å². The van der Waals surface area contributed by atoms with Gasteiger partial charge in [0.25, 0.3) is 0 Å². The molecule has 0 atom stereocenters. The predicted molar refractivity (Wildman–Crippen MR) is 53.2 cm³/mol. The molecule has 3 heteroatoms. The third-order valence-electron chi connectivity index (χ3n) is 1.87. The standard InChI is InChI=1S/C6H6O2.C4H9.Sn/c7-5-3-1-2-4-6(5)8;1-4(2)3;/h1-4,7-8H;1-3H3;/q;;+2/p-2. The van der Waals surface area contributed by atoms with E-state index in [9.17, 15) is 0 Å². The second kappa shape index (κ2) is 3.08. The third-order valence-corrected chi connectivity index (χ3v) is 7.68. The molecule has 0 aliphatic carbocycles. The molecule has 2 nitrogen and oxygen atoms in total. The average molecular weight is 284 g/mol. The first kappa shape index (κ1) is 9.18. The topological polar surface area (TPSA) is 18.5 Å². The van der Waals surface area contributed by atoms with Gasteiger partial charge in [-0.25, -0.2) is 0 Å². The van der Waals surface area contributed by atoms with Gasteiger partial charge in [-0.3, -0.25) is 0 Å². The average Bonchev–Trinajstić information content (AvgIpc) is 2.45. The minimum absolute atomic E-state index is 0.210. The van der Waals surface area contributed by atoms with Crippen molar-refractivity contribution < 1.29 is 6.15 Å². The van der Waals surface area contributed by atoms with Crippen LogP contribution >= 0.6 is 0 Å². The van der Waals surface area contributed by atoms with E-state index in [0.29, 0.717) is 0 Å². The zero-order chi connectivity index (χ0) is 9.47. The summed E-state index contributed by atoms with van der Waals surface area (Å²) in [6.07, 6.45) is 0. The molecule has 0 saturated heterocycles. The van der Waals surface area contributed by atoms with Crippen molar-refractivity contribution in [1.29, 1.82) is 0 Å². The molecule has 1 radical (unpaired) electrons. The van der Waals surface area contributed by atoms with Crippen molar-refractivity contribution in [3.63, 3.8) is 0 Å². The van der Waals surface area contributed by atoms with Gasteiger partial charge >= 0.3 is 86.7 Å². The molecule has 0 amide bonds. The summed E-state index contributed by atoms with van der Waals surface area (Å²) in [4.78, 5) is 0. The molecule has 13 heavy (non-hydrogen) atoms. The molecule has 0 N–H and O–H groups in total. The second-order valence-corrected chi connectivity index (χ2v) is 11.3. The van der Waals surface area contributed by atoms with Crippen molar-refractivity contribution >= 4 is 20.6 Å². The van der Waals surface area contributed by atoms with Crippen LogP contribution in [0.1, 0.15) is 20.8 Å². The number of hydrogen-bond acceptors (Lipinski definition) is 2. The number of hydrogen-bond donors (Lipinski definition) is 0. The van der Waals surface area contributed by atoms with E-state index in [4.69, 9.17) is 6.15 Å². The van der Waals surface area contributed by atoms with Gasteiger partial charge in [0.1, 0.15) is 0 Å². The van der Waals surface area contributed by atoms with Gasteiger partial charge in [0.2, 0.25) is 0 Å². The summed E-state index contributed by atoms with van der Waals surface area (Å²) in [6.45, 7) is 6.56. The van der Waals surface area contributed by atoms with Crippen LogP contribution in [-0.2, 0) is 0 Å². The summed E-state index contributed by atoms with van der Waals surface area (Å²) in [5, 5.41) is 0. The monoisotopic (exact) mass is 285 g/mol. The number of benzene rings is 1. The molecule has 0 unspecified atom stereocenters. The van der Waals surface area contributed by atoms with Gasteiger partial charge in [0, 0.05) is 0 Å². The zero-order valence-corrected chi connectivity index (χ0v) is 11.0. The van der Waals surface area contributed by atoms with Gasteiger partial charge in [-0.1, -0.05) is 0 Å². The van der Waals surface area contributed by atoms with Crippen LogP contribution < -0.4 is 6.15 Å². The molecule has 0 saturated carbocycles. The van der Waals surface area contributed by atoms with E-state index in [2.05, 4.69) is 20.8 Å². The summed E-state index contributed by atoms with van der Waals surface area (Å²) < 4.78 is 11.9. The molecule has 1 aromatic carbocycles. The molecule has 1 heterocycles. The van der Waals surface area contributed by atoms with Crippen molar-refractivity contribution in [2.24, 2.45) is 0 Å². The Morgan fingerprint density at radius 2 is 1.46 bits per heavy atom. The van der Waals surface area contributed by atoms with E-state index in [1.54, 1.807) is 0 Å². The number of fused-ring (bicyclic) bond motifs is 1. The number of para-hydroxylation sites is 2. The molecule has 0 fully saturated rings. The summed E-state index contributed by atoms with van der Waals surface area (Å²) in [7, 11) is 0. The fourth-order valence-corrected chi connectivity index (χ4v) is 5.11. The van der Waals surface area contributed by atoms with Crippen LogP contribution in [0.5, 0.6) is 11.5 Å². The normalized spacial score (nSPS) is 16.2. The SMILES string of the molecule is C[C](C)(C)[Sn]1[O]c2ccccc2[O]1. The Balaban J connectivity index is 2.23. The van der Waals surface area contributed by atoms with E-state index in [1.807, 2.05) is 24.3 Å². The van der Waals surface area contributed by atoms with Crippen molar-refractivity contribution in [1.82, 2.24) is 0 Å². The number of rotatable bonds is 0. The van der Waals surface area contributed by atoms with E-state index in [-0.39, 0.29) is 3.43 Å². The van der Waals surface area contributed by atoms with Gasteiger partial charge in [-0.15, -0.1) is 0 Å². The van der Waals surface area contributed by atoms with E-state index in [0.717, 1.165) is 11.5 Å². The Morgan fingerprint density at radius 3 is 1.85 bits per heavy atom. The van der Waals surface area contributed by atoms with Crippen LogP contribution in [0.2, 0.25) is 3.43 Å². The third kappa shape index (κ3) is 1.77. The van der Waals surface area contributed by atoms with Crippen LogP contribution in [-0.4, -0.2) is 20.6 Å². The van der Waals surface area contributed by atoms with Gasteiger partial charge in [0.15, 0.2) is 0 Å². The predicted octanol–water partition coefficient (Wildman–Crippen LogP) is 2.75. The Hall–Kier alpha value is -0.381. The Labute approximate surface area is 86.7 Å². The molecular weight excluding hydrogens is 271 g/mol. The molecule has 1 aromatic rings. The summed E-state index contributed by atoms with van der Waals surface area (Å²) in [5.74, 6) is 1.87. The van der Waals surface area contributed by atoms with Crippen LogP contribution in [0.3, 0.4) is 0 Å². The molecule has 69 valence electrons. The minimum atomic E-state index is -2.14. The van der Waals surface area contributed by atoms with Gasteiger partial charge in [-0.05, 0) is 0 Å². The maximum absolute atomic E-state index is 5.85. The molecule has 2 rings (SSSR count). The van der Waals surface area contributed by atoms with Crippen LogP contribution in [0.25, 0.3) is 0 Å². The van der Waals surface area contributed by atoms with Gasteiger partial charge in [0.05, 0.1) is 0 Å². The molecule has 1 aliphatic rings. The fraction of sp³-hybridized carbons (Fsp3) is 0.400. The second-order valence-electron chi connectivity index (χ2n) is 4.19. The molecule has 0 aromatic heterocycles. The Kier molecular flexibility index (Phi) is 2.18. The maximum atomic E-state index is 5.85. The van der Waals surface area contributed by atoms with Crippen molar-refractivity contribution in [3.8, 4) is 11.5 Å². The molecule has 1 aliphatic heterocycles. The first-order valence-electron chi connectivity index (χ1n) is 4.39. The summed E-state index contributed by atoms with van der Waals surface area (Å²) in [6, 6.07) is 7.93. The molecule has 0 bridgehead atoms. The van der Waals surface area contributed by atoms with Gasteiger partial charge < -0.3 is 0 Å². The van der Waals surface area contributed by atoms with Crippen LogP contribution in [0.15, 0.2) is 24.3 Å². The quantitative estimate of drug-likeness (QED) is 0.682. The Bertz CT molecular complexity index is 292. The van der Waals surface area contributed by atoms with E-state index in [1.165, 1.54) is 0 Å². The van der Waals surface area contributed by atoms with Crippen molar-refractivity contribution in [2.75, 3.05) is 0 Å².